The fourth-order valence-corrected chi connectivity index (χ4v) is 6.56. The monoisotopic (exact) mass is 543 g/mol. The highest BCUT2D eigenvalue weighted by Gasteiger charge is 2.26. The maximum Gasteiger partial charge on any atom is 0.256 e. The molecule has 188 valence electrons. The van der Waals surface area contributed by atoms with Crippen molar-refractivity contribution >= 4 is 57.2 Å². The lowest BCUT2D eigenvalue weighted by Gasteiger charge is -2.26. The van der Waals surface area contributed by atoms with Crippen molar-refractivity contribution in [3.05, 3.63) is 80.1 Å². The molecule has 1 fully saturated rings. The molecule has 1 amide bonds. The van der Waals surface area contributed by atoms with Gasteiger partial charge in [0.1, 0.15) is 0 Å². The maximum atomic E-state index is 13.2. The van der Waals surface area contributed by atoms with Crippen molar-refractivity contribution < 1.29 is 13.7 Å². The Morgan fingerprint density at radius 1 is 1.08 bits per heavy atom. The summed E-state index contributed by atoms with van der Waals surface area (Å²) >= 11 is 12.6. The van der Waals surface area contributed by atoms with Gasteiger partial charge in [-0.05, 0) is 61.4 Å². The third-order valence-electron chi connectivity index (χ3n) is 6.78. The molecule has 0 saturated carbocycles. The van der Waals surface area contributed by atoms with Gasteiger partial charge in [0.2, 0.25) is 0 Å². The van der Waals surface area contributed by atoms with Crippen LogP contribution in [0.4, 0.5) is 5.69 Å². The second-order valence-electron chi connectivity index (χ2n) is 9.07. The van der Waals surface area contributed by atoms with Gasteiger partial charge >= 0.3 is 0 Å². The van der Waals surface area contributed by atoms with Crippen LogP contribution in [0.1, 0.15) is 33.6 Å². The molecular formula is C27H27Cl2N3O3S. The molecule has 2 aromatic carbocycles. The lowest BCUT2D eigenvalue weighted by Crippen LogP contribution is -2.35. The Morgan fingerprint density at radius 2 is 1.81 bits per heavy atom. The molecule has 1 aromatic heterocycles. The van der Waals surface area contributed by atoms with Crippen LogP contribution in [0.5, 0.6) is 0 Å². The molecule has 1 atom stereocenters. The summed E-state index contributed by atoms with van der Waals surface area (Å²) in [5.41, 5.74) is 7.00. The third-order valence-corrected chi connectivity index (χ3v) is 8.82. The Kier molecular flexibility index (Phi) is 7.37. The van der Waals surface area contributed by atoms with Gasteiger partial charge in [-0.2, -0.15) is 0 Å². The quantitative estimate of drug-likeness (QED) is 0.398. The van der Waals surface area contributed by atoms with Gasteiger partial charge in [-0.1, -0.05) is 29.3 Å². The molecule has 2 aliphatic heterocycles. The van der Waals surface area contributed by atoms with E-state index in [0.29, 0.717) is 31.8 Å². The van der Waals surface area contributed by atoms with Crippen LogP contribution in [0.15, 0.2) is 41.3 Å². The van der Waals surface area contributed by atoms with E-state index in [2.05, 4.69) is 29.0 Å². The molecule has 1 saturated heterocycles. The molecule has 36 heavy (non-hydrogen) atoms. The number of amides is 1. The van der Waals surface area contributed by atoms with Crippen LogP contribution in [-0.4, -0.2) is 46.3 Å². The SMILES string of the molecule is Cc1[nH]c(/C=C2\C(=O)Nc3ccc(S(=O)Cc4c(Cl)cccc4Cl)cc32)c(C)c1CN1CCOCC1. The van der Waals surface area contributed by atoms with Crippen LogP contribution in [0.3, 0.4) is 0 Å². The molecule has 6 nitrogen and oxygen atoms in total. The predicted octanol–water partition coefficient (Wildman–Crippen LogP) is 5.57. The van der Waals surface area contributed by atoms with Crippen LogP contribution in [-0.2, 0) is 32.6 Å². The zero-order chi connectivity index (χ0) is 25.4. The van der Waals surface area contributed by atoms with E-state index in [1.807, 2.05) is 12.1 Å². The van der Waals surface area contributed by atoms with Crippen molar-refractivity contribution in [3.63, 3.8) is 0 Å². The summed E-state index contributed by atoms with van der Waals surface area (Å²) in [6.45, 7) is 8.32. The minimum Gasteiger partial charge on any atom is -0.379 e. The van der Waals surface area contributed by atoms with Gasteiger partial charge in [-0.3, -0.25) is 13.9 Å². The zero-order valence-electron chi connectivity index (χ0n) is 20.1. The van der Waals surface area contributed by atoms with E-state index >= 15 is 0 Å². The van der Waals surface area contributed by atoms with Gasteiger partial charge in [0.05, 0.1) is 35.3 Å². The number of benzene rings is 2. The first kappa shape index (κ1) is 25.2. The standard InChI is InChI=1S/C27H27Cl2N3O3S/c1-16-21(14-32-8-10-35-11-9-32)17(2)30-26(16)13-20-19-12-18(6-7-25(19)31-27(20)33)36(34)15-22-23(28)4-3-5-24(22)29/h3-7,12-13,30H,8-11,14-15H2,1-2H3,(H,31,33)/b20-13-. The summed E-state index contributed by atoms with van der Waals surface area (Å²) in [5.74, 6) is 0.0147. The molecule has 2 N–H and O–H groups in total. The number of morpholine rings is 1. The number of carbonyl (C=O) groups excluding carboxylic acids is 1. The highest BCUT2D eigenvalue weighted by atomic mass is 35.5. The Balaban J connectivity index is 1.44. The van der Waals surface area contributed by atoms with Crippen LogP contribution in [0.2, 0.25) is 10.0 Å². The second kappa shape index (κ2) is 10.5. The first-order valence-corrected chi connectivity index (χ1v) is 13.9. The van der Waals surface area contributed by atoms with Crippen molar-refractivity contribution in [2.45, 2.75) is 31.0 Å². The van der Waals surface area contributed by atoms with Crippen molar-refractivity contribution in [2.75, 3.05) is 31.6 Å². The van der Waals surface area contributed by atoms with E-state index in [9.17, 15) is 9.00 Å². The largest absolute Gasteiger partial charge is 0.379 e. The Labute approximate surface area is 223 Å². The lowest BCUT2D eigenvalue weighted by molar-refractivity contribution is -0.110. The number of rotatable bonds is 6. The van der Waals surface area contributed by atoms with Crippen LogP contribution >= 0.6 is 23.2 Å². The number of aromatic amines is 1. The first-order valence-electron chi connectivity index (χ1n) is 11.8. The molecule has 3 heterocycles. The van der Waals surface area contributed by atoms with Gasteiger partial charge < -0.3 is 15.0 Å². The Morgan fingerprint density at radius 3 is 2.53 bits per heavy atom. The summed E-state index contributed by atoms with van der Waals surface area (Å²) in [6, 6.07) is 10.6. The van der Waals surface area contributed by atoms with E-state index in [-0.39, 0.29) is 11.7 Å². The molecular weight excluding hydrogens is 517 g/mol. The molecule has 3 aromatic rings. The van der Waals surface area contributed by atoms with E-state index in [1.165, 1.54) is 5.56 Å². The Hall–Kier alpha value is -2.42. The minimum atomic E-state index is -1.39. The van der Waals surface area contributed by atoms with Gasteiger partial charge in [-0.15, -0.1) is 0 Å². The fraction of sp³-hybridized carbons (Fsp3) is 0.296. The molecule has 1 unspecified atom stereocenters. The molecule has 2 aliphatic rings. The summed E-state index contributed by atoms with van der Waals surface area (Å²) in [4.78, 5) is 19.3. The predicted molar refractivity (Wildman–Crippen MR) is 146 cm³/mol. The number of halogens is 2. The number of fused-ring (bicyclic) bond motifs is 1. The maximum absolute atomic E-state index is 13.2. The van der Waals surface area contributed by atoms with Crippen molar-refractivity contribution in [3.8, 4) is 0 Å². The molecule has 0 spiro atoms. The molecule has 0 bridgehead atoms. The van der Waals surface area contributed by atoms with E-state index < -0.39 is 10.8 Å². The number of ether oxygens (including phenoxy) is 1. The van der Waals surface area contributed by atoms with Crippen molar-refractivity contribution in [2.24, 2.45) is 0 Å². The highest BCUT2D eigenvalue weighted by Crippen LogP contribution is 2.36. The third kappa shape index (κ3) is 5.04. The van der Waals surface area contributed by atoms with Gasteiger partial charge in [0.15, 0.2) is 0 Å². The zero-order valence-corrected chi connectivity index (χ0v) is 22.4. The summed E-state index contributed by atoms with van der Waals surface area (Å²) < 4.78 is 18.7. The normalized spacial score (nSPS) is 17.9. The number of hydrogen-bond acceptors (Lipinski definition) is 4. The number of carbonyl (C=O) groups is 1. The average molecular weight is 545 g/mol. The molecule has 0 radical (unpaired) electrons. The summed E-state index contributed by atoms with van der Waals surface area (Å²) in [7, 11) is -1.39. The van der Waals surface area contributed by atoms with Crippen molar-refractivity contribution in [1.82, 2.24) is 9.88 Å². The molecule has 5 rings (SSSR count). The number of hydrogen-bond donors (Lipinski definition) is 2. The number of H-pyrrole nitrogens is 1. The average Bonchev–Trinajstić information content (AvgIpc) is 3.32. The highest BCUT2D eigenvalue weighted by molar-refractivity contribution is 7.84. The van der Waals surface area contributed by atoms with Crippen LogP contribution in [0, 0.1) is 13.8 Å². The number of nitrogens with one attached hydrogen (secondary N) is 2. The number of aromatic nitrogens is 1. The number of anilines is 1. The van der Waals surface area contributed by atoms with E-state index in [4.69, 9.17) is 27.9 Å². The molecule has 0 aliphatic carbocycles. The minimum absolute atomic E-state index is 0.177. The van der Waals surface area contributed by atoms with Gasteiger partial charge in [-0.25, -0.2) is 0 Å². The smallest absolute Gasteiger partial charge is 0.256 e. The van der Waals surface area contributed by atoms with E-state index in [0.717, 1.165) is 55.4 Å². The number of nitrogens with zero attached hydrogens (tertiary/aromatic N) is 1. The second-order valence-corrected chi connectivity index (χ2v) is 11.3. The number of aryl methyl sites for hydroxylation is 1. The summed E-state index contributed by atoms with van der Waals surface area (Å²) in [5, 5.41) is 3.90. The molecule has 9 heteroatoms. The van der Waals surface area contributed by atoms with Crippen LogP contribution in [0.25, 0.3) is 11.6 Å². The summed E-state index contributed by atoms with van der Waals surface area (Å²) in [6.07, 6.45) is 1.89. The lowest BCUT2D eigenvalue weighted by atomic mass is 10.0. The van der Waals surface area contributed by atoms with Crippen LogP contribution < -0.4 is 5.32 Å². The van der Waals surface area contributed by atoms with Crippen molar-refractivity contribution in [1.29, 1.82) is 0 Å². The van der Waals surface area contributed by atoms with E-state index in [1.54, 1.807) is 30.3 Å². The van der Waals surface area contributed by atoms with Gasteiger partial charge in [0.25, 0.3) is 5.91 Å². The fourth-order valence-electron chi connectivity index (χ4n) is 4.66. The van der Waals surface area contributed by atoms with Gasteiger partial charge in [0, 0.05) is 62.8 Å². The first-order chi connectivity index (χ1) is 17.3. The topological polar surface area (TPSA) is 74.4 Å². The Bertz CT molecular complexity index is 1370.